The molecular weight excluding hydrogens is 468 g/mol. The van der Waals surface area contributed by atoms with Crippen LogP contribution < -0.4 is 14.8 Å². The van der Waals surface area contributed by atoms with Gasteiger partial charge in [-0.15, -0.1) is 0 Å². The number of nitrogens with one attached hydrogen (secondary N) is 1. The van der Waals surface area contributed by atoms with E-state index in [0.717, 1.165) is 11.1 Å². The number of carbonyl (C=O) groups excluding carboxylic acids is 1. The Hall–Kier alpha value is -5.29. The normalized spacial score (nSPS) is 11.2. The summed E-state index contributed by atoms with van der Waals surface area (Å²) >= 11 is 0. The molecule has 0 bridgehead atoms. The van der Waals surface area contributed by atoms with Crippen LogP contribution in [0.5, 0.6) is 11.5 Å². The molecule has 2 heterocycles. The van der Waals surface area contributed by atoms with E-state index >= 15 is 0 Å². The third-order valence-corrected chi connectivity index (χ3v) is 5.74. The number of para-hydroxylation sites is 2. The van der Waals surface area contributed by atoms with Crippen molar-refractivity contribution >= 4 is 28.6 Å². The molecule has 0 atom stereocenters. The Bertz CT molecular complexity index is 1640. The number of nitrogens with zero attached hydrogens (tertiary/aromatic N) is 3. The molecule has 0 spiro atoms. The number of fused-ring (bicyclic) bond motifs is 1. The molecule has 0 aliphatic heterocycles. The van der Waals surface area contributed by atoms with E-state index in [0.29, 0.717) is 39.8 Å². The van der Waals surface area contributed by atoms with E-state index in [1.165, 1.54) is 6.08 Å². The number of rotatable bonds is 7. The topological polar surface area (TPSA) is 102 Å². The van der Waals surface area contributed by atoms with Crippen LogP contribution in [0.25, 0.3) is 34.2 Å². The molecule has 0 radical (unpaired) electrons. The molecule has 0 unspecified atom stereocenters. The molecule has 2 aromatic heterocycles. The van der Waals surface area contributed by atoms with Crippen molar-refractivity contribution < 1.29 is 18.7 Å². The number of furan rings is 1. The van der Waals surface area contributed by atoms with Gasteiger partial charge in [0.25, 0.3) is 5.91 Å². The molecule has 5 aromatic rings. The average Bonchev–Trinajstić information content (AvgIpc) is 3.56. The first-order valence-corrected chi connectivity index (χ1v) is 11.4. The molecular formula is C29H22N4O4. The van der Waals surface area contributed by atoms with Crippen LogP contribution in [-0.4, -0.2) is 29.9 Å². The fourth-order valence-electron chi connectivity index (χ4n) is 3.89. The average molecular weight is 491 g/mol. The van der Waals surface area contributed by atoms with Crippen molar-refractivity contribution in [2.45, 2.75) is 0 Å². The highest BCUT2D eigenvalue weighted by Gasteiger charge is 2.19. The van der Waals surface area contributed by atoms with E-state index in [1.54, 1.807) is 49.4 Å². The van der Waals surface area contributed by atoms with Crippen molar-refractivity contribution in [1.82, 2.24) is 9.78 Å². The van der Waals surface area contributed by atoms with Crippen molar-refractivity contribution in [3.05, 3.63) is 96.2 Å². The van der Waals surface area contributed by atoms with Gasteiger partial charge in [0.1, 0.15) is 23.1 Å². The maximum atomic E-state index is 13.0. The summed E-state index contributed by atoms with van der Waals surface area (Å²) in [5.41, 5.74) is 2.88. The fraction of sp³-hybridized carbons (Fsp3) is 0.0690. The van der Waals surface area contributed by atoms with Gasteiger partial charge in [0.15, 0.2) is 17.1 Å². The number of methoxy groups -OCH3 is 2. The summed E-state index contributed by atoms with van der Waals surface area (Å²) in [5, 5.41) is 18.1. The first-order chi connectivity index (χ1) is 18.1. The zero-order chi connectivity index (χ0) is 25.8. The largest absolute Gasteiger partial charge is 0.497 e. The maximum Gasteiger partial charge on any atom is 0.266 e. The van der Waals surface area contributed by atoms with E-state index in [-0.39, 0.29) is 5.57 Å². The van der Waals surface area contributed by atoms with Crippen LogP contribution >= 0.6 is 0 Å². The molecule has 8 nitrogen and oxygen atoms in total. The number of amides is 1. The molecule has 3 aromatic carbocycles. The minimum Gasteiger partial charge on any atom is -0.497 e. The van der Waals surface area contributed by atoms with Crippen LogP contribution in [0.15, 0.2) is 95.0 Å². The number of hydrogen-bond donors (Lipinski definition) is 1. The van der Waals surface area contributed by atoms with Gasteiger partial charge in [0, 0.05) is 22.8 Å². The zero-order valence-corrected chi connectivity index (χ0v) is 20.1. The quantitative estimate of drug-likeness (QED) is 0.227. The maximum absolute atomic E-state index is 13.0. The molecule has 1 N–H and O–H groups in total. The van der Waals surface area contributed by atoms with Crippen LogP contribution in [0.3, 0.4) is 0 Å². The zero-order valence-electron chi connectivity index (χ0n) is 20.1. The van der Waals surface area contributed by atoms with Gasteiger partial charge < -0.3 is 19.2 Å². The van der Waals surface area contributed by atoms with Gasteiger partial charge in [-0.05, 0) is 54.6 Å². The molecule has 0 aliphatic rings. The van der Waals surface area contributed by atoms with Crippen molar-refractivity contribution in [3.63, 3.8) is 0 Å². The Morgan fingerprint density at radius 3 is 2.51 bits per heavy atom. The second-order valence-corrected chi connectivity index (χ2v) is 8.05. The number of aromatic nitrogens is 2. The summed E-state index contributed by atoms with van der Waals surface area (Å²) in [4.78, 5) is 13.0. The number of nitriles is 1. The van der Waals surface area contributed by atoms with Gasteiger partial charge in [-0.3, -0.25) is 4.79 Å². The van der Waals surface area contributed by atoms with Gasteiger partial charge in [-0.1, -0.05) is 30.3 Å². The standard InChI is InChI=1S/C29H22N4O4/c1-35-24-13-11-22(12-14-24)31-29(34)20(17-30)15-21-18-33(23-8-4-3-5-9-23)32-27(21)26-16-19-7-6-10-25(36-2)28(19)37-26/h3-16,18H,1-2H3,(H,31,34). The lowest BCUT2D eigenvalue weighted by atomic mass is 10.1. The summed E-state index contributed by atoms with van der Waals surface area (Å²) in [6.45, 7) is 0. The third-order valence-electron chi connectivity index (χ3n) is 5.74. The Labute approximate surface area is 213 Å². The Morgan fingerprint density at radius 1 is 1.03 bits per heavy atom. The summed E-state index contributed by atoms with van der Waals surface area (Å²) in [5.74, 6) is 1.19. The van der Waals surface area contributed by atoms with Crippen LogP contribution in [0.2, 0.25) is 0 Å². The van der Waals surface area contributed by atoms with E-state index in [4.69, 9.17) is 19.0 Å². The molecule has 8 heteroatoms. The predicted molar refractivity (Wildman–Crippen MR) is 141 cm³/mol. The van der Waals surface area contributed by atoms with E-state index < -0.39 is 5.91 Å². The second kappa shape index (κ2) is 10.1. The molecule has 0 saturated heterocycles. The van der Waals surface area contributed by atoms with Crippen LogP contribution in [-0.2, 0) is 4.79 Å². The summed E-state index contributed by atoms with van der Waals surface area (Å²) < 4.78 is 18.4. The molecule has 5 rings (SSSR count). The number of benzene rings is 3. The first-order valence-electron chi connectivity index (χ1n) is 11.4. The highest BCUT2D eigenvalue weighted by molar-refractivity contribution is 6.10. The number of carbonyl (C=O) groups is 1. The number of hydrogen-bond acceptors (Lipinski definition) is 6. The van der Waals surface area contributed by atoms with Crippen molar-refractivity contribution in [1.29, 1.82) is 5.26 Å². The van der Waals surface area contributed by atoms with Crippen molar-refractivity contribution in [2.75, 3.05) is 19.5 Å². The highest BCUT2D eigenvalue weighted by Crippen LogP contribution is 2.35. The predicted octanol–water partition coefficient (Wildman–Crippen LogP) is 5.85. The summed E-state index contributed by atoms with van der Waals surface area (Å²) in [7, 11) is 3.14. The van der Waals surface area contributed by atoms with Gasteiger partial charge in [-0.2, -0.15) is 10.4 Å². The Kier molecular flexibility index (Phi) is 6.43. The van der Waals surface area contributed by atoms with Crippen LogP contribution in [0, 0.1) is 11.3 Å². The molecule has 0 saturated carbocycles. The summed E-state index contributed by atoms with van der Waals surface area (Å²) in [6.07, 6.45) is 3.26. The molecule has 0 fully saturated rings. The monoisotopic (exact) mass is 490 g/mol. The van der Waals surface area contributed by atoms with Crippen molar-refractivity contribution in [2.24, 2.45) is 0 Å². The van der Waals surface area contributed by atoms with Gasteiger partial charge in [0.2, 0.25) is 0 Å². The van der Waals surface area contributed by atoms with E-state index in [1.807, 2.05) is 60.7 Å². The highest BCUT2D eigenvalue weighted by atomic mass is 16.5. The van der Waals surface area contributed by atoms with E-state index in [2.05, 4.69) is 5.32 Å². The lowest BCUT2D eigenvalue weighted by Gasteiger charge is -2.05. The first kappa shape index (κ1) is 23.5. The van der Waals surface area contributed by atoms with E-state index in [9.17, 15) is 10.1 Å². The minimum absolute atomic E-state index is 0.0848. The lowest BCUT2D eigenvalue weighted by Crippen LogP contribution is -2.13. The Balaban J connectivity index is 1.57. The fourth-order valence-corrected chi connectivity index (χ4v) is 3.89. The molecule has 37 heavy (non-hydrogen) atoms. The van der Waals surface area contributed by atoms with Gasteiger partial charge >= 0.3 is 0 Å². The molecule has 0 aliphatic carbocycles. The third kappa shape index (κ3) is 4.79. The summed E-state index contributed by atoms with van der Waals surface area (Å²) in [6, 6.07) is 25.9. The van der Waals surface area contributed by atoms with Gasteiger partial charge in [0.05, 0.1) is 19.9 Å². The lowest BCUT2D eigenvalue weighted by molar-refractivity contribution is -0.112. The molecule has 182 valence electrons. The van der Waals surface area contributed by atoms with Crippen molar-refractivity contribution in [3.8, 4) is 34.7 Å². The molecule has 1 amide bonds. The van der Waals surface area contributed by atoms with Crippen LogP contribution in [0.1, 0.15) is 5.56 Å². The Morgan fingerprint density at radius 2 is 1.81 bits per heavy atom. The number of ether oxygens (including phenoxy) is 2. The second-order valence-electron chi connectivity index (χ2n) is 8.05. The van der Waals surface area contributed by atoms with Gasteiger partial charge in [-0.25, -0.2) is 4.68 Å². The minimum atomic E-state index is -0.544. The SMILES string of the molecule is COc1ccc(NC(=O)C(C#N)=Cc2cn(-c3ccccc3)nc2-c2cc3cccc(OC)c3o2)cc1. The number of anilines is 1. The smallest absolute Gasteiger partial charge is 0.266 e. The van der Waals surface area contributed by atoms with Crippen LogP contribution in [0.4, 0.5) is 5.69 Å².